The molecule has 2 aliphatic heterocycles. The van der Waals surface area contributed by atoms with Crippen LogP contribution < -0.4 is 0 Å². The third kappa shape index (κ3) is 3.67. The average molecular weight is 408 g/mol. The van der Waals surface area contributed by atoms with E-state index in [9.17, 15) is 18.0 Å². The molecule has 154 valence electrons. The molecule has 2 aliphatic rings. The molecular weight excluding hydrogens is 378 g/mol. The summed E-state index contributed by atoms with van der Waals surface area (Å²) >= 11 is 0. The summed E-state index contributed by atoms with van der Waals surface area (Å²) in [4.78, 5) is 29.3. The third-order valence-electron chi connectivity index (χ3n) is 5.53. The van der Waals surface area contributed by atoms with Gasteiger partial charge in [-0.1, -0.05) is 32.9 Å². The maximum absolute atomic E-state index is 13.2. The van der Waals surface area contributed by atoms with Crippen molar-refractivity contribution in [2.75, 3.05) is 26.2 Å². The second kappa shape index (κ2) is 7.83. The number of piperazine rings is 2. The van der Waals surface area contributed by atoms with Crippen molar-refractivity contribution in [3.8, 4) is 0 Å². The molecule has 2 amide bonds. The maximum Gasteiger partial charge on any atom is 0.246 e. The van der Waals surface area contributed by atoms with E-state index in [2.05, 4.69) is 0 Å². The Bertz CT molecular complexity index is 851. The van der Waals surface area contributed by atoms with E-state index < -0.39 is 22.1 Å². The summed E-state index contributed by atoms with van der Waals surface area (Å²) in [5.41, 5.74) is 1.04. The Balaban J connectivity index is 1.89. The van der Waals surface area contributed by atoms with E-state index in [-0.39, 0.29) is 23.3 Å². The van der Waals surface area contributed by atoms with Crippen molar-refractivity contribution in [3.05, 3.63) is 29.8 Å². The first-order valence-electron chi connectivity index (χ1n) is 9.86. The van der Waals surface area contributed by atoms with E-state index in [1.54, 1.807) is 41.0 Å². The quantitative estimate of drug-likeness (QED) is 0.738. The van der Waals surface area contributed by atoms with E-state index in [0.717, 1.165) is 12.0 Å². The highest BCUT2D eigenvalue weighted by molar-refractivity contribution is 7.89. The number of aryl methyl sites for hydroxylation is 1. The number of sulfonamides is 1. The third-order valence-corrected chi connectivity index (χ3v) is 7.48. The van der Waals surface area contributed by atoms with E-state index >= 15 is 0 Å². The van der Waals surface area contributed by atoms with E-state index in [4.69, 9.17) is 0 Å². The van der Waals surface area contributed by atoms with Crippen molar-refractivity contribution >= 4 is 21.8 Å². The zero-order valence-corrected chi connectivity index (χ0v) is 17.8. The lowest BCUT2D eigenvalue weighted by atomic mass is 10.0. The summed E-state index contributed by atoms with van der Waals surface area (Å²) in [6.45, 7) is 9.22. The van der Waals surface area contributed by atoms with Gasteiger partial charge in [0.05, 0.1) is 4.90 Å². The molecule has 7 nitrogen and oxygen atoms in total. The number of benzene rings is 1. The Morgan fingerprint density at radius 2 is 1.71 bits per heavy atom. The Morgan fingerprint density at radius 3 is 2.29 bits per heavy atom. The van der Waals surface area contributed by atoms with Crippen LogP contribution in [0.2, 0.25) is 0 Å². The lowest BCUT2D eigenvalue weighted by Gasteiger charge is -2.48. The molecular formula is C20H29N3O4S. The number of carbonyl (C=O) groups is 2. The van der Waals surface area contributed by atoms with Gasteiger partial charge in [0.1, 0.15) is 12.1 Å². The Kier molecular flexibility index (Phi) is 5.82. The molecule has 0 radical (unpaired) electrons. The second-order valence-electron chi connectivity index (χ2n) is 7.97. The minimum absolute atomic E-state index is 0.00179. The van der Waals surface area contributed by atoms with E-state index in [1.165, 1.54) is 4.31 Å². The van der Waals surface area contributed by atoms with Crippen LogP contribution in [-0.2, 0) is 26.0 Å². The van der Waals surface area contributed by atoms with Gasteiger partial charge in [0, 0.05) is 26.2 Å². The van der Waals surface area contributed by atoms with Gasteiger partial charge < -0.3 is 9.80 Å². The summed E-state index contributed by atoms with van der Waals surface area (Å²) in [5.74, 6) is -0.157. The predicted octanol–water partition coefficient (Wildman–Crippen LogP) is 1.34. The molecule has 0 aliphatic carbocycles. The summed E-state index contributed by atoms with van der Waals surface area (Å²) in [7, 11) is -3.87. The SMILES string of the molecule is CCc1ccc(S(=O)(=O)N2C[C@H]3C(=O)N(CC(C)C)CCN3C(=O)[C@@H]2C)cc1. The largest absolute Gasteiger partial charge is 0.339 e. The number of hydrogen-bond donors (Lipinski definition) is 0. The molecule has 0 unspecified atom stereocenters. The van der Waals surface area contributed by atoms with Crippen LogP contribution >= 0.6 is 0 Å². The number of carbonyl (C=O) groups excluding carboxylic acids is 2. The fourth-order valence-corrected chi connectivity index (χ4v) is 5.53. The average Bonchev–Trinajstić information content (AvgIpc) is 2.66. The van der Waals surface area contributed by atoms with Crippen LogP contribution in [0.5, 0.6) is 0 Å². The zero-order chi connectivity index (χ0) is 20.6. The van der Waals surface area contributed by atoms with Crippen LogP contribution in [-0.4, -0.2) is 72.6 Å². The van der Waals surface area contributed by atoms with E-state index in [0.29, 0.717) is 25.6 Å². The van der Waals surface area contributed by atoms with E-state index in [1.807, 2.05) is 20.8 Å². The second-order valence-corrected chi connectivity index (χ2v) is 9.86. The molecule has 0 aromatic heterocycles. The topological polar surface area (TPSA) is 78.0 Å². The fourth-order valence-electron chi connectivity index (χ4n) is 3.93. The van der Waals surface area contributed by atoms with Gasteiger partial charge in [0.15, 0.2) is 0 Å². The van der Waals surface area contributed by atoms with Gasteiger partial charge in [-0.3, -0.25) is 9.59 Å². The van der Waals surface area contributed by atoms with Crippen LogP contribution in [0, 0.1) is 5.92 Å². The van der Waals surface area contributed by atoms with Crippen molar-refractivity contribution in [1.82, 2.24) is 14.1 Å². The van der Waals surface area contributed by atoms with Crippen LogP contribution in [0.3, 0.4) is 0 Å². The molecule has 2 heterocycles. The lowest BCUT2D eigenvalue weighted by molar-refractivity contribution is -0.158. The van der Waals surface area contributed by atoms with Gasteiger partial charge in [-0.2, -0.15) is 4.31 Å². The number of hydrogen-bond acceptors (Lipinski definition) is 4. The van der Waals surface area contributed by atoms with Crippen molar-refractivity contribution in [2.45, 2.75) is 51.1 Å². The number of rotatable bonds is 5. The molecule has 8 heteroatoms. The van der Waals surface area contributed by atoms with Gasteiger partial charge in [0.2, 0.25) is 21.8 Å². The molecule has 2 atom stereocenters. The van der Waals surface area contributed by atoms with Crippen LogP contribution in [0.1, 0.15) is 33.3 Å². The van der Waals surface area contributed by atoms with Gasteiger partial charge in [0.25, 0.3) is 0 Å². The Hall–Kier alpha value is -1.93. The zero-order valence-electron chi connectivity index (χ0n) is 17.0. The molecule has 2 saturated heterocycles. The smallest absolute Gasteiger partial charge is 0.246 e. The lowest BCUT2D eigenvalue weighted by Crippen LogP contribution is -2.69. The molecule has 0 N–H and O–H groups in total. The minimum atomic E-state index is -3.87. The first kappa shape index (κ1) is 20.8. The maximum atomic E-state index is 13.2. The molecule has 0 spiro atoms. The number of amides is 2. The number of fused-ring (bicyclic) bond motifs is 1. The van der Waals surface area contributed by atoms with Crippen molar-refractivity contribution in [1.29, 1.82) is 0 Å². The summed E-state index contributed by atoms with van der Waals surface area (Å²) < 4.78 is 27.6. The number of nitrogens with zero attached hydrogens (tertiary/aromatic N) is 3. The summed E-state index contributed by atoms with van der Waals surface area (Å²) in [6.07, 6.45) is 0.816. The molecule has 28 heavy (non-hydrogen) atoms. The molecule has 3 rings (SSSR count). The van der Waals surface area contributed by atoms with Crippen molar-refractivity contribution in [3.63, 3.8) is 0 Å². The Labute approximate surface area is 167 Å². The standard InChI is InChI=1S/C20H29N3O4S/c1-5-16-6-8-17(9-7-16)28(26,27)23-13-18-20(25)21(12-14(2)3)10-11-22(18)19(24)15(23)4/h6-9,14-15,18H,5,10-13H2,1-4H3/t15-,18-/m0/s1. The van der Waals surface area contributed by atoms with Crippen LogP contribution in [0.4, 0.5) is 0 Å². The summed E-state index contributed by atoms with van der Waals surface area (Å²) in [5, 5.41) is 0. The highest BCUT2D eigenvalue weighted by Gasteiger charge is 2.49. The molecule has 1 aromatic carbocycles. The van der Waals surface area contributed by atoms with Crippen molar-refractivity contribution < 1.29 is 18.0 Å². The first-order valence-corrected chi connectivity index (χ1v) is 11.3. The first-order chi connectivity index (χ1) is 13.2. The summed E-state index contributed by atoms with van der Waals surface area (Å²) in [6, 6.07) is 5.14. The minimum Gasteiger partial charge on any atom is -0.339 e. The Morgan fingerprint density at radius 1 is 1.07 bits per heavy atom. The normalized spacial score (nSPS) is 24.0. The van der Waals surface area contributed by atoms with Gasteiger partial charge in [-0.25, -0.2) is 8.42 Å². The highest BCUT2D eigenvalue weighted by atomic mass is 32.2. The molecule has 0 saturated carbocycles. The highest BCUT2D eigenvalue weighted by Crippen LogP contribution is 2.28. The molecule has 0 bridgehead atoms. The molecule has 2 fully saturated rings. The van der Waals surface area contributed by atoms with Gasteiger partial charge >= 0.3 is 0 Å². The molecule has 1 aromatic rings. The van der Waals surface area contributed by atoms with Crippen molar-refractivity contribution in [2.24, 2.45) is 5.92 Å². The predicted molar refractivity (Wildman–Crippen MR) is 106 cm³/mol. The van der Waals surface area contributed by atoms with Gasteiger partial charge in [-0.15, -0.1) is 0 Å². The monoisotopic (exact) mass is 407 g/mol. The van der Waals surface area contributed by atoms with Gasteiger partial charge in [-0.05, 0) is 37.0 Å². The van der Waals surface area contributed by atoms with Crippen LogP contribution in [0.25, 0.3) is 0 Å². The fraction of sp³-hybridized carbons (Fsp3) is 0.600. The van der Waals surface area contributed by atoms with Crippen LogP contribution in [0.15, 0.2) is 29.2 Å².